The SMILES string of the molecule is C.C.CC(=O)NC(C)c1cccc(Cc2ncc(Cl)c(CCc3ccccc3CC(N)=O)n2)c1.CC(N)c1cccc(Cc2ncc(Cl)c(CCc3ccccc3CC(N)=O)n2)c1. The van der Waals surface area contributed by atoms with E-state index in [4.69, 9.17) is 45.4 Å². The summed E-state index contributed by atoms with van der Waals surface area (Å²) in [5.41, 5.74) is 26.6. The van der Waals surface area contributed by atoms with Crippen molar-refractivity contribution in [3.8, 4) is 0 Å². The van der Waals surface area contributed by atoms with E-state index in [0.29, 0.717) is 48.0 Å². The number of carbonyl (C=O) groups is 3. The molecule has 2 aromatic heterocycles. The van der Waals surface area contributed by atoms with Crippen molar-refractivity contribution in [1.29, 1.82) is 0 Å². The fraction of sp³-hybridized carbons (Fsp3) is 0.300. The van der Waals surface area contributed by atoms with Crippen LogP contribution in [0.15, 0.2) is 109 Å². The number of aryl methyl sites for hydroxylation is 4. The number of nitrogens with two attached hydrogens (primary N) is 3. The second-order valence-corrected chi connectivity index (χ2v) is 15.9. The zero-order chi connectivity index (χ0) is 43.9. The van der Waals surface area contributed by atoms with Gasteiger partial charge in [0, 0.05) is 38.2 Å². The Morgan fingerprint density at radius 2 is 1.02 bits per heavy atom. The van der Waals surface area contributed by atoms with Crippen LogP contribution in [0.2, 0.25) is 10.0 Å². The van der Waals surface area contributed by atoms with E-state index in [1.54, 1.807) is 12.4 Å². The first-order chi connectivity index (χ1) is 29.2. The number of carbonyl (C=O) groups excluding carboxylic acids is 3. The molecule has 11 nitrogen and oxygen atoms in total. The van der Waals surface area contributed by atoms with E-state index in [-0.39, 0.29) is 57.5 Å². The molecule has 0 aliphatic carbocycles. The van der Waals surface area contributed by atoms with E-state index >= 15 is 0 Å². The number of halogens is 2. The molecular weight excluding hydrogens is 832 g/mol. The molecule has 0 spiro atoms. The Balaban J connectivity index is 0.000000326. The van der Waals surface area contributed by atoms with Crippen molar-refractivity contribution in [1.82, 2.24) is 25.3 Å². The number of primary amides is 2. The van der Waals surface area contributed by atoms with Gasteiger partial charge < -0.3 is 22.5 Å². The highest BCUT2D eigenvalue weighted by Gasteiger charge is 2.13. The van der Waals surface area contributed by atoms with Crippen LogP contribution in [0.3, 0.4) is 0 Å². The van der Waals surface area contributed by atoms with Crippen LogP contribution in [0.4, 0.5) is 0 Å². The van der Waals surface area contributed by atoms with Crippen molar-refractivity contribution >= 4 is 40.9 Å². The van der Waals surface area contributed by atoms with Crippen molar-refractivity contribution in [2.75, 3.05) is 0 Å². The number of nitrogens with zero attached hydrogens (tertiary/aromatic N) is 4. The predicted molar refractivity (Wildman–Crippen MR) is 254 cm³/mol. The lowest BCUT2D eigenvalue weighted by atomic mass is 9.99. The topological polar surface area (TPSA) is 193 Å². The van der Waals surface area contributed by atoms with Gasteiger partial charge in [0.25, 0.3) is 0 Å². The lowest BCUT2D eigenvalue weighted by Crippen LogP contribution is -2.23. The Bertz CT molecular complexity index is 2460. The van der Waals surface area contributed by atoms with Gasteiger partial charge in [-0.3, -0.25) is 14.4 Å². The van der Waals surface area contributed by atoms with Crippen LogP contribution in [0.1, 0.15) is 115 Å². The molecule has 0 aliphatic heterocycles. The standard InChI is InChI=1S/C25H27ClN4O2.C23H25ClN4O.2CH4/c1-16(29-17(2)31)20-9-5-6-18(12-20)13-25-28-15-22(26)23(30-25)11-10-19-7-3-4-8-21(19)14-24(27)32;1-15(25)18-8-4-5-16(11-18)12-23-27-14-20(24)21(28-23)10-9-17-6-2-3-7-19(17)13-22(26)29;;/h3-9,12,15-16H,10-11,13-14H2,1-2H3,(H2,27,32)(H,29,31);2-8,11,14-15H,9-10,12-13,25H2,1H3,(H2,26,29);2*1H4. The zero-order valence-corrected chi connectivity index (χ0v) is 36.2. The highest BCUT2D eigenvalue weighted by atomic mass is 35.5. The van der Waals surface area contributed by atoms with E-state index in [1.807, 2.05) is 98.8 Å². The number of hydrogen-bond acceptors (Lipinski definition) is 8. The van der Waals surface area contributed by atoms with Crippen LogP contribution in [-0.2, 0) is 65.8 Å². The lowest BCUT2D eigenvalue weighted by molar-refractivity contribution is -0.120. The quantitative estimate of drug-likeness (QED) is 0.0700. The smallest absolute Gasteiger partial charge is 0.221 e. The molecule has 0 saturated heterocycles. The third-order valence-corrected chi connectivity index (χ3v) is 10.7. The molecule has 2 atom stereocenters. The van der Waals surface area contributed by atoms with Crippen molar-refractivity contribution in [3.63, 3.8) is 0 Å². The summed E-state index contributed by atoms with van der Waals surface area (Å²) in [6.45, 7) is 5.43. The maximum absolute atomic E-state index is 11.3. The van der Waals surface area contributed by atoms with Crippen molar-refractivity contribution in [2.24, 2.45) is 17.2 Å². The number of rotatable bonds is 17. The molecule has 6 aromatic rings. The molecule has 332 valence electrons. The average Bonchev–Trinajstić information content (AvgIpc) is 3.22. The van der Waals surface area contributed by atoms with Gasteiger partial charge >= 0.3 is 0 Å². The first-order valence-electron chi connectivity index (χ1n) is 20.1. The second kappa shape index (κ2) is 25.2. The first-order valence-corrected chi connectivity index (χ1v) is 20.9. The van der Waals surface area contributed by atoms with Crippen LogP contribution < -0.4 is 22.5 Å². The van der Waals surface area contributed by atoms with Gasteiger partial charge in [-0.25, -0.2) is 19.9 Å². The molecule has 0 saturated carbocycles. The number of nitrogens with one attached hydrogen (secondary N) is 1. The maximum atomic E-state index is 11.3. The van der Waals surface area contributed by atoms with Crippen molar-refractivity contribution in [2.45, 2.75) is 99.1 Å². The summed E-state index contributed by atoms with van der Waals surface area (Å²) in [6, 6.07) is 31.7. The van der Waals surface area contributed by atoms with Crippen LogP contribution in [0.25, 0.3) is 0 Å². The van der Waals surface area contributed by atoms with Gasteiger partial charge in [-0.15, -0.1) is 0 Å². The number of benzene rings is 4. The third kappa shape index (κ3) is 16.3. The average molecular weight is 892 g/mol. The Morgan fingerprint density at radius 1 is 0.603 bits per heavy atom. The van der Waals surface area contributed by atoms with Gasteiger partial charge in [-0.05, 0) is 84.0 Å². The van der Waals surface area contributed by atoms with Gasteiger partial charge in [0.1, 0.15) is 11.6 Å². The van der Waals surface area contributed by atoms with Crippen LogP contribution in [0, 0.1) is 0 Å². The maximum Gasteiger partial charge on any atom is 0.221 e. The second-order valence-electron chi connectivity index (χ2n) is 15.0. The number of amides is 3. The van der Waals surface area contributed by atoms with Crippen LogP contribution in [-0.4, -0.2) is 37.7 Å². The summed E-state index contributed by atoms with van der Waals surface area (Å²) in [6.07, 6.45) is 7.62. The minimum absolute atomic E-state index is 0. The molecular formula is C50H60Cl2N8O3. The fourth-order valence-corrected chi connectivity index (χ4v) is 7.32. The predicted octanol–water partition coefficient (Wildman–Crippen LogP) is 8.56. The fourth-order valence-electron chi connectivity index (χ4n) is 6.95. The molecule has 4 aromatic carbocycles. The van der Waals surface area contributed by atoms with E-state index in [2.05, 4.69) is 32.4 Å². The van der Waals surface area contributed by atoms with E-state index < -0.39 is 0 Å². The minimum Gasteiger partial charge on any atom is -0.369 e. The summed E-state index contributed by atoms with van der Waals surface area (Å²) in [4.78, 5) is 52.1. The summed E-state index contributed by atoms with van der Waals surface area (Å²) in [7, 11) is 0. The molecule has 0 fully saturated rings. The summed E-state index contributed by atoms with van der Waals surface area (Å²) in [5, 5.41) is 3.97. The van der Waals surface area contributed by atoms with Gasteiger partial charge in [-0.1, -0.05) is 135 Å². The minimum atomic E-state index is -0.352. The molecule has 63 heavy (non-hydrogen) atoms. The highest BCUT2D eigenvalue weighted by Crippen LogP contribution is 2.22. The molecule has 0 radical (unpaired) electrons. The molecule has 0 aliphatic rings. The first kappa shape index (κ1) is 51.3. The molecule has 3 amide bonds. The third-order valence-electron chi connectivity index (χ3n) is 10.0. The summed E-state index contributed by atoms with van der Waals surface area (Å²) < 4.78 is 0. The van der Waals surface area contributed by atoms with Crippen LogP contribution >= 0.6 is 23.2 Å². The van der Waals surface area contributed by atoms with Gasteiger partial charge in [0.2, 0.25) is 17.7 Å². The monoisotopic (exact) mass is 890 g/mol. The molecule has 7 N–H and O–H groups in total. The van der Waals surface area contributed by atoms with E-state index in [0.717, 1.165) is 68.1 Å². The highest BCUT2D eigenvalue weighted by molar-refractivity contribution is 6.31. The van der Waals surface area contributed by atoms with Crippen molar-refractivity contribution in [3.05, 3.63) is 187 Å². The Labute approximate surface area is 382 Å². The van der Waals surface area contributed by atoms with Gasteiger partial charge in [0.15, 0.2) is 0 Å². The number of hydrogen-bond donors (Lipinski definition) is 4. The lowest BCUT2D eigenvalue weighted by Gasteiger charge is -2.14. The molecule has 2 unspecified atom stereocenters. The molecule has 2 heterocycles. The van der Waals surface area contributed by atoms with E-state index in [1.165, 1.54) is 6.92 Å². The Hall–Kier alpha value is -6.01. The Kier molecular flexibility index (Phi) is 20.5. The normalized spacial score (nSPS) is 11.5. The van der Waals surface area contributed by atoms with Crippen LogP contribution in [0.5, 0.6) is 0 Å². The zero-order valence-electron chi connectivity index (χ0n) is 34.7. The summed E-state index contributed by atoms with van der Waals surface area (Å²) >= 11 is 12.7. The molecule has 6 rings (SSSR count). The van der Waals surface area contributed by atoms with E-state index in [9.17, 15) is 14.4 Å². The van der Waals surface area contributed by atoms with Gasteiger partial charge in [-0.2, -0.15) is 0 Å². The molecule has 0 bridgehead atoms. The molecule has 13 heteroatoms. The van der Waals surface area contributed by atoms with Crippen molar-refractivity contribution < 1.29 is 14.4 Å². The van der Waals surface area contributed by atoms with Gasteiger partial charge in [0.05, 0.1) is 40.3 Å². The Morgan fingerprint density at radius 3 is 1.43 bits per heavy atom. The largest absolute Gasteiger partial charge is 0.369 e. The number of aromatic nitrogens is 4. The summed E-state index contributed by atoms with van der Waals surface area (Å²) in [5.74, 6) is 0.644.